The smallest absolute Gasteiger partial charge is 0.243 e. The van der Waals surface area contributed by atoms with Crippen molar-refractivity contribution in [2.24, 2.45) is 5.41 Å². The molecule has 0 spiro atoms. The Morgan fingerprint density at radius 3 is 2.33 bits per heavy atom. The van der Waals surface area contributed by atoms with Crippen LogP contribution in [0, 0.1) is 16.7 Å². The molecule has 0 saturated heterocycles. The molecule has 4 nitrogen and oxygen atoms in total. The highest BCUT2D eigenvalue weighted by Crippen LogP contribution is 2.39. The van der Waals surface area contributed by atoms with Crippen LogP contribution < -0.4 is 0 Å². The van der Waals surface area contributed by atoms with E-state index < -0.39 is 5.41 Å². The van der Waals surface area contributed by atoms with Gasteiger partial charge >= 0.3 is 0 Å². The molecule has 0 radical (unpaired) electrons. The van der Waals surface area contributed by atoms with E-state index in [2.05, 4.69) is 6.07 Å². The first-order valence-electron chi connectivity index (χ1n) is 7.07. The van der Waals surface area contributed by atoms with Crippen LogP contribution in [0.1, 0.15) is 51.4 Å². The number of nitrogens with zero attached hydrogens (tertiary/aromatic N) is 2. The third-order valence-electron chi connectivity index (χ3n) is 4.17. The second-order valence-electron chi connectivity index (χ2n) is 5.56. The molecule has 0 heterocycles. The Morgan fingerprint density at radius 1 is 1.28 bits per heavy atom. The van der Waals surface area contributed by atoms with E-state index in [0.717, 1.165) is 38.5 Å². The molecule has 2 aliphatic rings. The van der Waals surface area contributed by atoms with Gasteiger partial charge in [0, 0.05) is 12.6 Å². The van der Waals surface area contributed by atoms with Gasteiger partial charge in [0.1, 0.15) is 5.41 Å². The largest absolute Gasteiger partial charge is 0.395 e. The Bertz CT molecular complexity index is 336. The quantitative estimate of drug-likeness (QED) is 0.774. The van der Waals surface area contributed by atoms with Crippen LogP contribution in [0.15, 0.2) is 0 Å². The average Bonchev–Trinajstić information content (AvgIpc) is 3.21. The lowest BCUT2D eigenvalue weighted by Gasteiger charge is -2.31. The van der Waals surface area contributed by atoms with Crippen molar-refractivity contribution in [2.45, 2.75) is 57.4 Å². The van der Waals surface area contributed by atoms with Crippen molar-refractivity contribution < 1.29 is 9.90 Å². The topological polar surface area (TPSA) is 64.3 Å². The fraction of sp³-hybridized carbons (Fsp3) is 0.857. The highest BCUT2D eigenvalue weighted by atomic mass is 16.3. The van der Waals surface area contributed by atoms with E-state index in [1.54, 1.807) is 4.90 Å². The predicted molar refractivity (Wildman–Crippen MR) is 67.6 cm³/mol. The first-order chi connectivity index (χ1) is 8.73. The summed E-state index contributed by atoms with van der Waals surface area (Å²) in [5, 5.41) is 18.6. The fourth-order valence-electron chi connectivity index (χ4n) is 2.92. The summed E-state index contributed by atoms with van der Waals surface area (Å²) in [6, 6.07) is 2.58. The third kappa shape index (κ3) is 2.67. The summed E-state index contributed by atoms with van der Waals surface area (Å²) in [5.41, 5.74) is -0.811. The number of carbonyl (C=O) groups is 1. The van der Waals surface area contributed by atoms with Crippen LogP contribution >= 0.6 is 0 Å². The zero-order valence-corrected chi connectivity index (χ0v) is 10.9. The van der Waals surface area contributed by atoms with Gasteiger partial charge < -0.3 is 10.0 Å². The molecule has 4 heteroatoms. The minimum absolute atomic E-state index is 0.0102. The molecule has 2 rings (SSSR count). The standard InChI is InChI=1S/C14H22N2O2/c15-11-14(7-3-1-2-4-8-14)13(18)16(9-10-17)12-5-6-12/h12,17H,1-10H2. The third-order valence-corrected chi connectivity index (χ3v) is 4.17. The van der Waals surface area contributed by atoms with Crippen LogP contribution in [0.2, 0.25) is 0 Å². The molecule has 0 aliphatic heterocycles. The van der Waals surface area contributed by atoms with Gasteiger partial charge in [-0.1, -0.05) is 25.7 Å². The van der Waals surface area contributed by atoms with Crippen LogP contribution in [-0.2, 0) is 4.79 Å². The van der Waals surface area contributed by atoms with Crippen LogP contribution in [0.3, 0.4) is 0 Å². The van der Waals surface area contributed by atoms with Crippen molar-refractivity contribution in [3.63, 3.8) is 0 Å². The summed E-state index contributed by atoms with van der Waals surface area (Å²) in [6.45, 7) is 0.372. The second-order valence-corrected chi connectivity index (χ2v) is 5.56. The number of rotatable bonds is 4. The average molecular weight is 250 g/mol. The maximum atomic E-state index is 12.7. The molecule has 0 aromatic carbocycles. The van der Waals surface area contributed by atoms with E-state index in [1.165, 1.54) is 0 Å². The molecule has 2 aliphatic carbocycles. The lowest BCUT2D eigenvalue weighted by Crippen LogP contribution is -2.45. The van der Waals surface area contributed by atoms with Gasteiger partial charge in [0.2, 0.25) is 5.91 Å². The van der Waals surface area contributed by atoms with Gasteiger partial charge in [-0.25, -0.2) is 0 Å². The fourth-order valence-corrected chi connectivity index (χ4v) is 2.92. The molecule has 0 aromatic heterocycles. The summed E-state index contributed by atoms with van der Waals surface area (Å²) in [6.07, 6.45) is 7.61. The van der Waals surface area contributed by atoms with Crippen molar-refractivity contribution in [2.75, 3.05) is 13.2 Å². The van der Waals surface area contributed by atoms with Gasteiger partial charge in [0.25, 0.3) is 0 Å². The van der Waals surface area contributed by atoms with Gasteiger partial charge in [0.15, 0.2) is 0 Å². The first kappa shape index (κ1) is 13.4. The maximum Gasteiger partial charge on any atom is 0.243 e. The minimum Gasteiger partial charge on any atom is -0.395 e. The van der Waals surface area contributed by atoms with Gasteiger partial charge in [-0.2, -0.15) is 5.26 Å². The number of hydrogen-bond acceptors (Lipinski definition) is 3. The number of carbonyl (C=O) groups excluding carboxylic acids is 1. The zero-order valence-electron chi connectivity index (χ0n) is 10.9. The van der Waals surface area contributed by atoms with Gasteiger partial charge in [-0.3, -0.25) is 4.79 Å². The van der Waals surface area contributed by atoms with E-state index in [9.17, 15) is 10.1 Å². The Hall–Kier alpha value is -1.08. The van der Waals surface area contributed by atoms with Crippen LogP contribution in [-0.4, -0.2) is 35.1 Å². The Balaban J connectivity index is 2.14. The van der Waals surface area contributed by atoms with Gasteiger partial charge in [-0.05, 0) is 25.7 Å². The molecule has 1 N–H and O–H groups in total. The number of hydrogen-bond donors (Lipinski definition) is 1. The number of nitriles is 1. The minimum atomic E-state index is -0.811. The molecular weight excluding hydrogens is 228 g/mol. The lowest BCUT2D eigenvalue weighted by atomic mass is 9.80. The summed E-state index contributed by atoms with van der Waals surface area (Å²) in [4.78, 5) is 14.4. The second kappa shape index (κ2) is 5.71. The normalized spacial score (nSPS) is 22.9. The number of amides is 1. The van der Waals surface area contributed by atoms with E-state index in [0.29, 0.717) is 19.4 Å². The highest BCUT2D eigenvalue weighted by molar-refractivity contribution is 5.86. The Labute approximate surface area is 109 Å². The molecule has 0 bridgehead atoms. The molecule has 2 fully saturated rings. The van der Waals surface area contributed by atoms with Gasteiger partial charge in [-0.15, -0.1) is 0 Å². The molecule has 0 atom stereocenters. The summed E-state index contributed by atoms with van der Waals surface area (Å²) < 4.78 is 0. The number of aliphatic hydroxyl groups excluding tert-OH is 1. The summed E-state index contributed by atoms with van der Waals surface area (Å²) >= 11 is 0. The first-order valence-corrected chi connectivity index (χ1v) is 7.07. The van der Waals surface area contributed by atoms with Crippen LogP contribution in [0.5, 0.6) is 0 Å². The van der Waals surface area contributed by atoms with E-state index in [4.69, 9.17) is 5.11 Å². The molecule has 0 aromatic rings. The molecule has 1 amide bonds. The van der Waals surface area contributed by atoms with E-state index >= 15 is 0 Å². The zero-order chi connectivity index (χ0) is 13.0. The predicted octanol–water partition coefficient (Wildman–Crippen LogP) is 1.83. The van der Waals surface area contributed by atoms with Crippen molar-refractivity contribution in [3.05, 3.63) is 0 Å². The van der Waals surface area contributed by atoms with Crippen molar-refractivity contribution in [1.82, 2.24) is 4.90 Å². The molecule has 2 saturated carbocycles. The van der Waals surface area contributed by atoms with Crippen molar-refractivity contribution in [1.29, 1.82) is 5.26 Å². The van der Waals surface area contributed by atoms with E-state index in [1.807, 2.05) is 0 Å². The SMILES string of the molecule is N#CC1(C(=O)N(CCO)C2CC2)CCCCCC1. The number of aliphatic hydroxyl groups is 1. The van der Waals surface area contributed by atoms with Crippen LogP contribution in [0.25, 0.3) is 0 Å². The van der Waals surface area contributed by atoms with Crippen LogP contribution in [0.4, 0.5) is 0 Å². The maximum absolute atomic E-state index is 12.7. The van der Waals surface area contributed by atoms with Crippen molar-refractivity contribution in [3.8, 4) is 6.07 Å². The summed E-state index contributed by atoms with van der Waals surface area (Å²) in [5.74, 6) is -0.0246. The molecule has 18 heavy (non-hydrogen) atoms. The monoisotopic (exact) mass is 250 g/mol. The Morgan fingerprint density at radius 2 is 1.89 bits per heavy atom. The Kier molecular flexibility index (Phi) is 4.23. The summed E-state index contributed by atoms with van der Waals surface area (Å²) in [7, 11) is 0. The lowest BCUT2D eigenvalue weighted by molar-refractivity contribution is -0.140. The van der Waals surface area contributed by atoms with Crippen molar-refractivity contribution >= 4 is 5.91 Å². The van der Waals surface area contributed by atoms with Gasteiger partial charge in [0.05, 0.1) is 12.7 Å². The molecule has 0 unspecified atom stereocenters. The molecular formula is C14H22N2O2. The highest BCUT2D eigenvalue weighted by Gasteiger charge is 2.45. The molecule has 100 valence electrons. The van der Waals surface area contributed by atoms with E-state index in [-0.39, 0.29) is 18.6 Å².